The van der Waals surface area contributed by atoms with Crippen LogP contribution in [0.2, 0.25) is 0 Å². The summed E-state index contributed by atoms with van der Waals surface area (Å²) >= 11 is 0. The average Bonchev–Trinajstić information content (AvgIpc) is 2.67. The van der Waals surface area contributed by atoms with E-state index in [1.54, 1.807) is 6.92 Å². The van der Waals surface area contributed by atoms with Gasteiger partial charge in [-0.2, -0.15) is 0 Å². The normalized spacial score (nSPS) is 12.7. The number of aliphatic hydroxyl groups is 1. The van der Waals surface area contributed by atoms with Gasteiger partial charge in [0.15, 0.2) is 0 Å². The Morgan fingerprint density at radius 2 is 1.72 bits per heavy atom. The molecule has 3 rings (SSSR count). The number of fused-ring (bicyclic) bond motifs is 2. The van der Waals surface area contributed by atoms with Crippen LogP contribution >= 0.6 is 0 Å². The number of esters is 1. The van der Waals surface area contributed by atoms with Crippen molar-refractivity contribution in [1.29, 1.82) is 0 Å². The molecule has 0 radical (unpaired) electrons. The maximum Gasteiger partial charge on any atom is 0.333 e. The van der Waals surface area contributed by atoms with E-state index in [0.717, 1.165) is 27.3 Å². The summed E-state index contributed by atoms with van der Waals surface area (Å²) in [6.45, 7) is 11.6. The fraction of sp³-hybridized carbons (Fsp3) is 0.320. The van der Waals surface area contributed by atoms with Crippen LogP contribution in [0.5, 0.6) is 5.75 Å². The average molecular weight is 392 g/mol. The minimum absolute atomic E-state index is 0.0214. The lowest BCUT2D eigenvalue weighted by Gasteiger charge is -2.21. The lowest BCUT2D eigenvalue weighted by molar-refractivity contribution is -0.142. The first-order valence-corrected chi connectivity index (χ1v) is 9.76. The molecule has 1 unspecified atom stereocenters. The van der Waals surface area contributed by atoms with E-state index in [9.17, 15) is 9.90 Å². The predicted molar refractivity (Wildman–Crippen MR) is 117 cm³/mol. The summed E-state index contributed by atoms with van der Waals surface area (Å²) in [5.74, 6) is 0.207. The summed E-state index contributed by atoms with van der Waals surface area (Å²) < 4.78 is 11.1. The molecule has 0 aromatic heterocycles. The molecule has 0 saturated heterocycles. The lowest BCUT2D eigenvalue weighted by atomic mass is 9.85. The van der Waals surface area contributed by atoms with Crippen LogP contribution in [-0.2, 0) is 14.9 Å². The Balaban J connectivity index is 1.92. The number of benzene rings is 3. The predicted octanol–water partition coefficient (Wildman–Crippen LogP) is 5.15. The fourth-order valence-electron chi connectivity index (χ4n) is 3.18. The zero-order valence-corrected chi connectivity index (χ0v) is 17.5. The molecule has 0 aliphatic carbocycles. The zero-order valence-electron chi connectivity index (χ0n) is 17.5. The summed E-state index contributed by atoms with van der Waals surface area (Å²) in [6, 6.07) is 16.6. The van der Waals surface area contributed by atoms with Gasteiger partial charge in [0.2, 0.25) is 0 Å². The van der Waals surface area contributed by atoms with Gasteiger partial charge in [0.05, 0.1) is 0 Å². The van der Waals surface area contributed by atoms with Crippen LogP contribution in [0.15, 0.2) is 60.7 Å². The Bertz CT molecular complexity index is 1060. The maximum atomic E-state index is 11.5. The first kappa shape index (κ1) is 20.9. The van der Waals surface area contributed by atoms with Gasteiger partial charge in [-0.1, -0.05) is 69.8 Å². The molecule has 3 aromatic carbocycles. The van der Waals surface area contributed by atoms with Gasteiger partial charge in [-0.25, -0.2) is 4.79 Å². The molecule has 0 spiro atoms. The van der Waals surface area contributed by atoms with Gasteiger partial charge in [-0.15, -0.1) is 0 Å². The molecule has 0 fully saturated rings. The minimum Gasteiger partial charge on any atom is -0.489 e. The van der Waals surface area contributed by atoms with Crippen molar-refractivity contribution in [3.05, 3.63) is 66.2 Å². The second kappa shape index (κ2) is 8.26. The molecule has 0 amide bonds. The molecule has 152 valence electrons. The number of carbonyl (C=O) groups is 1. The van der Waals surface area contributed by atoms with Gasteiger partial charge in [0.1, 0.15) is 25.1 Å². The van der Waals surface area contributed by atoms with Crippen LogP contribution in [0.3, 0.4) is 0 Å². The van der Waals surface area contributed by atoms with Crippen molar-refractivity contribution in [2.45, 2.75) is 39.2 Å². The Kier molecular flexibility index (Phi) is 5.94. The molecule has 4 nitrogen and oxygen atoms in total. The summed E-state index contributed by atoms with van der Waals surface area (Å²) in [6.07, 6.45) is -0.929. The van der Waals surface area contributed by atoms with Crippen LogP contribution in [0, 0.1) is 0 Å². The first-order valence-electron chi connectivity index (χ1n) is 9.76. The highest BCUT2D eigenvalue weighted by Crippen LogP contribution is 2.37. The Labute approximate surface area is 171 Å². The van der Waals surface area contributed by atoms with E-state index in [1.807, 2.05) is 18.2 Å². The highest BCUT2D eigenvalue weighted by Gasteiger charge is 2.17. The molecule has 29 heavy (non-hydrogen) atoms. The van der Waals surface area contributed by atoms with Crippen LogP contribution in [0.25, 0.3) is 21.5 Å². The second-order valence-electron chi connectivity index (χ2n) is 8.46. The van der Waals surface area contributed by atoms with Gasteiger partial charge >= 0.3 is 5.97 Å². The largest absolute Gasteiger partial charge is 0.489 e. The number of hydrogen-bond donors (Lipinski definition) is 1. The highest BCUT2D eigenvalue weighted by molar-refractivity contribution is 6.05. The van der Waals surface area contributed by atoms with E-state index < -0.39 is 12.1 Å². The number of ether oxygens (including phenoxy) is 2. The second-order valence-corrected chi connectivity index (χ2v) is 8.46. The fourth-order valence-corrected chi connectivity index (χ4v) is 3.18. The van der Waals surface area contributed by atoms with E-state index in [4.69, 9.17) is 9.47 Å². The Morgan fingerprint density at radius 3 is 2.41 bits per heavy atom. The lowest BCUT2D eigenvalue weighted by Crippen LogP contribution is -2.25. The molecule has 0 aliphatic heterocycles. The summed E-state index contributed by atoms with van der Waals surface area (Å²) in [5.41, 5.74) is 1.59. The third-order valence-electron chi connectivity index (χ3n) is 4.85. The van der Waals surface area contributed by atoms with Gasteiger partial charge in [0.25, 0.3) is 0 Å². The molecule has 0 heterocycles. The van der Waals surface area contributed by atoms with Crippen molar-refractivity contribution in [2.75, 3.05) is 13.2 Å². The number of carbonyl (C=O) groups excluding carboxylic acids is 1. The quantitative estimate of drug-likeness (QED) is 0.358. The highest BCUT2D eigenvalue weighted by atomic mass is 16.5. The Hall–Kier alpha value is -2.85. The zero-order chi connectivity index (χ0) is 21.2. The van der Waals surface area contributed by atoms with Crippen molar-refractivity contribution in [3.8, 4) is 5.75 Å². The van der Waals surface area contributed by atoms with Crippen molar-refractivity contribution in [3.63, 3.8) is 0 Å². The van der Waals surface area contributed by atoms with Crippen molar-refractivity contribution >= 4 is 27.5 Å². The molecule has 0 aliphatic rings. The summed E-state index contributed by atoms with van der Waals surface area (Å²) in [4.78, 5) is 11.5. The molecule has 1 atom stereocenters. The van der Waals surface area contributed by atoms with Crippen LogP contribution < -0.4 is 4.74 Å². The Morgan fingerprint density at radius 1 is 1.03 bits per heavy atom. The van der Waals surface area contributed by atoms with Gasteiger partial charge < -0.3 is 14.6 Å². The van der Waals surface area contributed by atoms with Crippen LogP contribution in [-0.4, -0.2) is 30.4 Å². The van der Waals surface area contributed by atoms with E-state index in [0.29, 0.717) is 5.57 Å². The molecule has 3 aromatic rings. The molecular weight excluding hydrogens is 364 g/mol. The molecular formula is C25H28O4. The number of aliphatic hydroxyl groups excluding tert-OH is 1. The van der Waals surface area contributed by atoms with E-state index in [-0.39, 0.29) is 18.6 Å². The monoisotopic (exact) mass is 392 g/mol. The van der Waals surface area contributed by atoms with Crippen molar-refractivity contribution in [2.24, 2.45) is 0 Å². The molecule has 0 saturated carbocycles. The standard InChI is InChI=1S/C25H28O4/c1-16(2)24(27)29-15-20(26)14-28-23-21-9-7-6-8-17(21)12-18-13-19(25(3,4)5)10-11-22(18)23/h6-13,20,26H,1,14-15H2,2-5H3. The topological polar surface area (TPSA) is 55.8 Å². The smallest absolute Gasteiger partial charge is 0.333 e. The van der Waals surface area contributed by atoms with E-state index in [2.05, 4.69) is 57.7 Å². The van der Waals surface area contributed by atoms with Crippen molar-refractivity contribution < 1.29 is 19.4 Å². The van der Waals surface area contributed by atoms with Crippen molar-refractivity contribution in [1.82, 2.24) is 0 Å². The SMILES string of the molecule is C=C(C)C(=O)OCC(O)COc1c2ccccc2cc2cc(C(C)(C)C)ccc12. The molecule has 1 N–H and O–H groups in total. The minimum atomic E-state index is -0.929. The first-order chi connectivity index (χ1) is 13.7. The molecule has 0 bridgehead atoms. The van der Waals surface area contributed by atoms with E-state index >= 15 is 0 Å². The third kappa shape index (κ3) is 4.77. The molecule has 4 heteroatoms. The summed E-state index contributed by atoms with van der Waals surface area (Å²) in [7, 11) is 0. The van der Waals surface area contributed by atoms with Gasteiger partial charge in [0, 0.05) is 16.3 Å². The van der Waals surface area contributed by atoms with Crippen LogP contribution in [0.1, 0.15) is 33.3 Å². The van der Waals surface area contributed by atoms with Gasteiger partial charge in [-0.05, 0) is 34.7 Å². The third-order valence-corrected chi connectivity index (χ3v) is 4.85. The van der Waals surface area contributed by atoms with E-state index in [1.165, 1.54) is 5.56 Å². The number of hydrogen-bond acceptors (Lipinski definition) is 4. The maximum absolute atomic E-state index is 11.5. The number of rotatable bonds is 6. The van der Waals surface area contributed by atoms with Crippen LogP contribution in [0.4, 0.5) is 0 Å². The van der Waals surface area contributed by atoms with Gasteiger partial charge in [-0.3, -0.25) is 0 Å². The summed E-state index contributed by atoms with van der Waals surface area (Å²) in [5, 5.41) is 14.3.